The Morgan fingerprint density at radius 3 is 3.09 bits per heavy atom. The quantitative estimate of drug-likeness (QED) is 0.604. The number of aromatic nitrogens is 2. The Hall–Kier alpha value is -1.09. The first-order valence-corrected chi connectivity index (χ1v) is 3.44. The molecule has 2 nitrogen and oxygen atoms in total. The number of halogens is 2. The van der Waals surface area contributed by atoms with E-state index >= 15 is 0 Å². The zero-order valence-corrected chi connectivity index (χ0v) is 6.19. The smallest absolute Gasteiger partial charge is 0.166 e. The van der Waals surface area contributed by atoms with Crippen LogP contribution in [-0.2, 0) is 0 Å². The van der Waals surface area contributed by atoms with Gasteiger partial charge in [0.05, 0.1) is 5.52 Å². The molecule has 56 valence electrons. The number of pyridine rings is 1. The maximum atomic E-state index is 12.8. The molecule has 0 amide bonds. The molecule has 1 N–H and O–H groups in total. The first-order chi connectivity index (χ1) is 5.27. The van der Waals surface area contributed by atoms with Gasteiger partial charge in [0.2, 0.25) is 0 Å². The van der Waals surface area contributed by atoms with Gasteiger partial charge in [0.15, 0.2) is 5.82 Å². The fraction of sp³-hybridized carbons (Fsp3) is 0. The van der Waals surface area contributed by atoms with Gasteiger partial charge >= 0.3 is 0 Å². The molecule has 0 fully saturated rings. The molecule has 0 aliphatic carbocycles. The van der Waals surface area contributed by atoms with Crippen LogP contribution in [0.2, 0.25) is 5.15 Å². The zero-order chi connectivity index (χ0) is 7.84. The van der Waals surface area contributed by atoms with Gasteiger partial charge in [-0.05, 0) is 12.1 Å². The second-order valence-electron chi connectivity index (χ2n) is 2.17. The fourth-order valence-electron chi connectivity index (χ4n) is 0.943. The topological polar surface area (TPSA) is 28.7 Å². The van der Waals surface area contributed by atoms with Gasteiger partial charge in [0, 0.05) is 6.20 Å². The molecule has 0 spiro atoms. The van der Waals surface area contributed by atoms with E-state index in [1.165, 1.54) is 6.20 Å². The Labute approximate surface area is 67.0 Å². The summed E-state index contributed by atoms with van der Waals surface area (Å²) in [4.78, 5) is 6.51. The molecular formula is C7H4ClFN2. The van der Waals surface area contributed by atoms with Crippen LogP contribution in [0.5, 0.6) is 0 Å². The number of aromatic amines is 1. The third-order valence-corrected chi connectivity index (χ3v) is 1.65. The number of nitrogens with zero attached hydrogens (tertiary/aromatic N) is 1. The number of hydrogen-bond donors (Lipinski definition) is 1. The Balaban J connectivity index is 2.87. The normalized spacial score (nSPS) is 10.7. The molecule has 0 unspecified atom stereocenters. The molecule has 0 radical (unpaired) electrons. The first kappa shape index (κ1) is 6.61. The summed E-state index contributed by atoms with van der Waals surface area (Å²) in [7, 11) is 0. The van der Waals surface area contributed by atoms with Crippen LogP contribution in [0.15, 0.2) is 18.3 Å². The average molecular weight is 171 g/mol. The largest absolute Gasteiger partial charge is 0.357 e. The van der Waals surface area contributed by atoms with Crippen molar-refractivity contribution in [2.45, 2.75) is 0 Å². The SMILES string of the molecule is Fc1c[nH]c2ccc(Cl)nc12. The van der Waals surface area contributed by atoms with E-state index < -0.39 is 0 Å². The predicted molar refractivity (Wildman–Crippen MR) is 41.1 cm³/mol. The van der Waals surface area contributed by atoms with Gasteiger partial charge in [-0.3, -0.25) is 0 Å². The Morgan fingerprint density at radius 1 is 1.45 bits per heavy atom. The monoisotopic (exact) mass is 170 g/mol. The Kier molecular flexibility index (Phi) is 1.32. The maximum Gasteiger partial charge on any atom is 0.166 e. The first-order valence-electron chi connectivity index (χ1n) is 3.06. The van der Waals surface area contributed by atoms with E-state index in [1.54, 1.807) is 12.1 Å². The molecule has 0 saturated carbocycles. The third kappa shape index (κ3) is 0.973. The lowest BCUT2D eigenvalue weighted by atomic mass is 10.4. The lowest BCUT2D eigenvalue weighted by molar-refractivity contribution is 0.637. The van der Waals surface area contributed by atoms with Crippen molar-refractivity contribution >= 4 is 22.6 Å². The van der Waals surface area contributed by atoms with E-state index in [4.69, 9.17) is 11.6 Å². The Morgan fingerprint density at radius 2 is 2.27 bits per heavy atom. The highest BCUT2D eigenvalue weighted by Crippen LogP contribution is 2.16. The highest BCUT2D eigenvalue weighted by molar-refractivity contribution is 6.29. The number of H-pyrrole nitrogens is 1. The molecule has 0 atom stereocenters. The molecule has 11 heavy (non-hydrogen) atoms. The summed E-state index contributed by atoms with van der Waals surface area (Å²) in [5.41, 5.74) is 0.949. The van der Waals surface area contributed by atoms with Crippen molar-refractivity contribution in [1.29, 1.82) is 0 Å². The Bertz CT molecular complexity index is 396. The van der Waals surface area contributed by atoms with Crippen LogP contribution in [0.4, 0.5) is 4.39 Å². The summed E-state index contributed by atoms with van der Waals surface area (Å²) in [6.07, 6.45) is 1.26. The molecule has 2 aromatic rings. The lowest BCUT2D eigenvalue weighted by Gasteiger charge is -1.88. The lowest BCUT2D eigenvalue weighted by Crippen LogP contribution is -1.76. The van der Waals surface area contributed by atoms with Crippen molar-refractivity contribution in [3.05, 3.63) is 29.3 Å². The molecule has 0 bridgehead atoms. The van der Waals surface area contributed by atoms with E-state index in [1.807, 2.05) is 0 Å². The molecule has 0 aliphatic rings. The molecular weight excluding hydrogens is 167 g/mol. The van der Waals surface area contributed by atoms with Crippen LogP contribution in [-0.4, -0.2) is 9.97 Å². The minimum absolute atomic E-state index is 0.289. The molecule has 2 aromatic heterocycles. The van der Waals surface area contributed by atoms with Crippen molar-refractivity contribution < 1.29 is 4.39 Å². The minimum atomic E-state index is -0.373. The molecule has 0 saturated heterocycles. The van der Waals surface area contributed by atoms with E-state index in [0.717, 1.165) is 0 Å². The predicted octanol–water partition coefficient (Wildman–Crippen LogP) is 2.36. The number of nitrogens with one attached hydrogen (secondary N) is 1. The van der Waals surface area contributed by atoms with Gasteiger partial charge in [-0.25, -0.2) is 9.37 Å². The molecule has 2 rings (SSSR count). The van der Waals surface area contributed by atoms with Crippen molar-refractivity contribution in [1.82, 2.24) is 9.97 Å². The summed E-state index contributed by atoms with van der Waals surface area (Å²) in [6, 6.07) is 3.30. The van der Waals surface area contributed by atoms with Gasteiger partial charge in [0.1, 0.15) is 10.7 Å². The maximum absolute atomic E-state index is 12.8. The summed E-state index contributed by atoms with van der Waals surface area (Å²) in [5, 5.41) is 0.302. The van der Waals surface area contributed by atoms with Crippen molar-refractivity contribution in [2.24, 2.45) is 0 Å². The third-order valence-electron chi connectivity index (χ3n) is 1.44. The van der Waals surface area contributed by atoms with Gasteiger partial charge < -0.3 is 4.98 Å². The molecule has 0 aliphatic heterocycles. The molecule has 2 heterocycles. The molecule has 0 aromatic carbocycles. The van der Waals surface area contributed by atoms with Crippen molar-refractivity contribution in [2.75, 3.05) is 0 Å². The summed E-state index contributed by atoms with van der Waals surface area (Å²) < 4.78 is 12.8. The van der Waals surface area contributed by atoms with Crippen LogP contribution in [0.25, 0.3) is 11.0 Å². The van der Waals surface area contributed by atoms with Gasteiger partial charge in [-0.2, -0.15) is 0 Å². The van der Waals surface area contributed by atoms with Crippen LogP contribution in [0, 0.1) is 5.82 Å². The minimum Gasteiger partial charge on any atom is -0.357 e. The fourth-order valence-corrected chi connectivity index (χ4v) is 1.09. The van der Waals surface area contributed by atoms with Crippen LogP contribution < -0.4 is 0 Å². The second-order valence-corrected chi connectivity index (χ2v) is 2.55. The van der Waals surface area contributed by atoms with E-state index in [-0.39, 0.29) is 11.3 Å². The van der Waals surface area contributed by atoms with Gasteiger partial charge in [-0.1, -0.05) is 11.6 Å². The summed E-state index contributed by atoms with van der Waals surface area (Å²) in [6.45, 7) is 0. The zero-order valence-electron chi connectivity index (χ0n) is 5.44. The number of rotatable bonds is 0. The van der Waals surface area contributed by atoms with Crippen LogP contribution >= 0.6 is 11.6 Å². The second kappa shape index (κ2) is 2.20. The standard InChI is InChI=1S/C7H4ClFN2/c8-6-2-1-5-7(11-6)4(9)3-10-5/h1-3,10H. The van der Waals surface area contributed by atoms with E-state index in [0.29, 0.717) is 10.7 Å². The summed E-state index contributed by atoms with van der Waals surface area (Å²) >= 11 is 5.56. The van der Waals surface area contributed by atoms with Crippen LogP contribution in [0.3, 0.4) is 0 Å². The van der Waals surface area contributed by atoms with Crippen molar-refractivity contribution in [3.8, 4) is 0 Å². The van der Waals surface area contributed by atoms with E-state index in [9.17, 15) is 4.39 Å². The number of hydrogen-bond acceptors (Lipinski definition) is 1. The molecule has 4 heteroatoms. The average Bonchev–Trinajstić information content (AvgIpc) is 2.33. The highest BCUT2D eigenvalue weighted by Gasteiger charge is 2.03. The van der Waals surface area contributed by atoms with Gasteiger partial charge in [-0.15, -0.1) is 0 Å². The highest BCUT2D eigenvalue weighted by atomic mass is 35.5. The number of fused-ring (bicyclic) bond motifs is 1. The van der Waals surface area contributed by atoms with Crippen LogP contribution in [0.1, 0.15) is 0 Å². The summed E-state index contributed by atoms with van der Waals surface area (Å²) in [5.74, 6) is -0.373. The van der Waals surface area contributed by atoms with E-state index in [2.05, 4.69) is 9.97 Å². The van der Waals surface area contributed by atoms with Gasteiger partial charge in [0.25, 0.3) is 0 Å². The van der Waals surface area contributed by atoms with Crippen molar-refractivity contribution in [3.63, 3.8) is 0 Å².